The van der Waals surface area contributed by atoms with Crippen LogP contribution in [-0.2, 0) is 27.1 Å². The van der Waals surface area contributed by atoms with Crippen LogP contribution < -0.4 is 16.0 Å². The second-order valence-electron chi connectivity index (χ2n) is 18.7. The molecule has 15 heteroatoms. The molecule has 13 nitrogen and oxygen atoms in total. The van der Waals surface area contributed by atoms with Crippen LogP contribution in [0.5, 0.6) is 0 Å². The van der Waals surface area contributed by atoms with Crippen LogP contribution >= 0.6 is 0 Å². The molecular weight excluding hydrogens is 819 g/mol. The van der Waals surface area contributed by atoms with Crippen molar-refractivity contribution < 1.29 is 32.6 Å². The normalized spacial score (nSPS) is 22.5. The second kappa shape index (κ2) is 19.2. The van der Waals surface area contributed by atoms with E-state index in [4.69, 9.17) is 9.47 Å². The molecule has 0 bridgehead atoms. The number of H-pyrrole nitrogens is 1. The Balaban J connectivity index is 1.12. The zero-order chi connectivity index (χ0) is 46.0. The van der Waals surface area contributed by atoms with Gasteiger partial charge in [-0.2, -0.15) is 0 Å². The van der Waals surface area contributed by atoms with E-state index in [0.29, 0.717) is 11.5 Å². The minimum Gasteiger partial charge on any atom is -0.453 e. The Hall–Kier alpha value is -5.73. The summed E-state index contributed by atoms with van der Waals surface area (Å²) in [7, 11) is 2.54. The van der Waals surface area contributed by atoms with Gasteiger partial charge in [-0.15, -0.1) is 0 Å². The first-order valence-electron chi connectivity index (χ1n) is 22.6. The number of alkyl halides is 2. The lowest BCUT2D eigenvalue weighted by Crippen LogP contribution is -2.51. The number of fused-ring (bicyclic) bond motifs is 1. The summed E-state index contributed by atoms with van der Waals surface area (Å²) in [6.45, 7) is 13.7. The number of amidine groups is 1. The molecule has 1 saturated carbocycles. The highest BCUT2D eigenvalue weighted by molar-refractivity contribution is 5.94. The van der Waals surface area contributed by atoms with E-state index in [9.17, 15) is 24.2 Å². The first-order chi connectivity index (χ1) is 30.6. The van der Waals surface area contributed by atoms with Gasteiger partial charge in [-0.25, -0.2) is 23.4 Å². The first-order valence-corrected chi connectivity index (χ1v) is 22.6. The van der Waals surface area contributed by atoms with Crippen molar-refractivity contribution in [3.63, 3.8) is 0 Å². The first kappa shape index (κ1) is 46.3. The number of benzene rings is 2. The highest BCUT2D eigenvalue weighted by atomic mass is 19.1. The number of amides is 3. The molecule has 3 aromatic rings. The standard InChI is InChI=1S/C49H64F2N8O5/c1-9-38(54-44(52)40-20-32(50)25-58(40)29(6)42(27(2)3)56-47(61)63-7)35-17-16-34(36-22-49(23-37(35)36)18-10-11-19-49)30-12-14-31(15-13-30)39-24-53-45(55-39)41-21-33(51)26-59(41)46(60)43(28(4)5)57-48(62)64-8/h9,12-17,24,27-28,32-33,40-43H,6,10-11,18-23,25-26H2,1-5,7-8H3,(H2,52,54)(H,53,55)(H,56,61)(H,57,62)/b38-9-/t32-,33-,40+,41+,42+,43+/m1/s1. The topological polar surface area (TPSA) is 165 Å². The van der Waals surface area contributed by atoms with Crippen molar-refractivity contribution in [2.24, 2.45) is 17.3 Å². The molecule has 1 spiro atoms. The quantitative estimate of drug-likeness (QED) is 0.0842. The Bertz CT molecular complexity index is 2270. The highest BCUT2D eigenvalue weighted by Gasteiger charge is 2.44. The number of aromatic nitrogens is 2. The number of imidazole rings is 1. The van der Waals surface area contributed by atoms with Gasteiger partial charge >= 0.3 is 12.2 Å². The number of carbonyl (C=O) groups excluding carboxylic acids is 3. The molecule has 3 heterocycles. The number of methoxy groups -OCH3 is 2. The van der Waals surface area contributed by atoms with Gasteiger partial charge in [-0.3, -0.25) is 10.2 Å². The van der Waals surface area contributed by atoms with E-state index in [2.05, 4.69) is 56.8 Å². The number of rotatable bonds is 13. The number of alkyl carbamates (subject to hydrolysis) is 2. The molecule has 2 aliphatic carbocycles. The van der Waals surface area contributed by atoms with Gasteiger partial charge in [0, 0.05) is 36.3 Å². The summed E-state index contributed by atoms with van der Waals surface area (Å²) in [5.41, 5.74) is 9.02. The molecule has 64 heavy (non-hydrogen) atoms. The van der Waals surface area contributed by atoms with Crippen LogP contribution in [0.15, 0.2) is 60.9 Å². The van der Waals surface area contributed by atoms with Gasteiger partial charge in [0.2, 0.25) is 5.91 Å². The monoisotopic (exact) mass is 882 g/mol. The van der Waals surface area contributed by atoms with Crippen molar-refractivity contribution in [2.45, 2.75) is 122 Å². The van der Waals surface area contributed by atoms with Gasteiger partial charge < -0.3 is 40.2 Å². The lowest BCUT2D eigenvalue weighted by atomic mass is 9.82. The smallest absolute Gasteiger partial charge is 0.407 e. The maximum Gasteiger partial charge on any atom is 0.407 e. The summed E-state index contributed by atoms with van der Waals surface area (Å²) < 4.78 is 39.7. The van der Waals surface area contributed by atoms with E-state index in [1.807, 2.05) is 57.7 Å². The van der Waals surface area contributed by atoms with E-state index in [1.54, 1.807) is 6.20 Å². The van der Waals surface area contributed by atoms with E-state index in [-0.39, 0.29) is 54.9 Å². The maximum absolute atomic E-state index is 15.2. The largest absolute Gasteiger partial charge is 0.453 e. The Morgan fingerprint density at radius 1 is 0.875 bits per heavy atom. The summed E-state index contributed by atoms with van der Waals surface area (Å²) in [6, 6.07) is 10.0. The average Bonchev–Trinajstić information content (AvgIpc) is 4.14. The zero-order valence-corrected chi connectivity index (χ0v) is 38.2. The summed E-state index contributed by atoms with van der Waals surface area (Å²) in [5.74, 6) is -0.0199. The zero-order valence-electron chi connectivity index (χ0n) is 38.2. The number of hydrogen-bond donors (Lipinski definition) is 5. The van der Waals surface area contributed by atoms with Crippen molar-refractivity contribution in [1.29, 1.82) is 5.41 Å². The van der Waals surface area contributed by atoms with Crippen LogP contribution in [0.25, 0.3) is 28.1 Å². The summed E-state index contributed by atoms with van der Waals surface area (Å²) in [4.78, 5) is 49.2. The van der Waals surface area contributed by atoms with Crippen molar-refractivity contribution in [3.8, 4) is 22.4 Å². The van der Waals surface area contributed by atoms with Gasteiger partial charge in [-0.1, -0.05) is 89.6 Å². The van der Waals surface area contributed by atoms with Gasteiger partial charge in [0.05, 0.1) is 50.8 Å². The number of halogens is 2. The average molecular weight is 883 g/mol. The summed E-state index contributed by atoms with van der Waals surface area (Å²) >= 11 is 0. The number of ether oxygens (including phenoxy) is 2. The summed E-state index contributed by atoms with van der Waals surface area (Å²) in [5, 5.41) is 18.2. The third kappa shape index (κ3) is 9.39. The second-order valence-corrected chi connectivity index (χ2v) is 18.7. The molecule has 3 fully saturated rings. The molecule has 344 valence electrons. The van der Waals surface area contributed by atoms with Gasteiger partial charge in [-0.05, 0) is 77.7 Å². The fourth-order valence-corrected chi connectivity index (χ4v) is 10.5. The SMILES string of the molecule is C=C([C@@H](NC(=O)OC)C(C)C)N1C[C@H](F)C[C@H]1C(=N)N/C(=C\C)c1ccc(-c2ccc(-c3cnc([C@@H]4C[C@@H](F)CN4C(=O)[C@@H](NC(=O)OC)C(C)C)[nH]3)cc2)c2c1CC1(CCCC1)C2. The number of aromatic amines is 1. The molecule has 0 radical (unpaired) electrons. The number of allylic oxidation sites excluding steroid dienone is 1. The molecule has 7 rings (SSSR count). The number of carbonyl (C=O) groups is 3. The molecule has 1 aromatic heterocycles. The van der Waals surface area contributed by atoms with E-state index >= 15 is 4.39 Å². The minimum atomic E-state index is -1.23. The third-order valence-corrected chi connectivity index (χ3v) is 13.8. The molecule has 4 aliphatic rings. The van der Waals surface area contributed by atoms with Gasteiger partial charge in [0.1, 0.15) is 30.0 Å². The lowest BCUT2D eigenvalue weighted by molar-refractivity contribution is -0.135. The van der Waals surface area contributed by atoms with E-state index < -0.39 is 48.7 Å². The van der Waals surface area contributed by atoms with Crippen molar-refractivity contribution in [1.82, 2.24) is 35.7 Å². The van der Waals surface area contributed by atoms with Gasteiger partial charge in [0.15, 0.2) is 0 Å². The molecule has 5 N–H and O–H groups in total. The van der Waals surface area contributed by atoms with Crippen LogP contribution in [0.1, 0.15) is 102 Å². The molecular formula is C49H64F2N8O5. The molecule has 3 amide bonds. The lowest BCUT2D eigenvalue weighted by Gasteiger charge is -2.35. The molecule has 0 unspecified atom stereocenters. The molecule has 2 aromatic carbocycles. The van der Waals surface area contributed by atoms with Gasteiger partial charge in [0.25, 0.3) is 0 Å². The minimum absolute atomic E-state index is 0.0427. The van der Waals surface area contributed by atoms with Crippen LogP contribution in [0.2, 0.25) is 0 Å². The maximum atomic E-state index is 15.2. The van der Waals surface area contributed by atoms with E-state index in [0.717, 1.165) is 59.3 Å². The molecule has 2 aliphatic heterocycles. The third-order valence-electron chi connectivity index (χ3n) is 13.8. The number of likely N-dealkylation sites (tertiary alicyclic amines) is 2. The Kier molecular flexibility index (Phi) is 13.9. The van der Waals surface area contributed by atoms with Crippen molar-refractivity contribution >= 4 is 29.6 Å². The van der Waals surface area contributed by atoms with Crippen LogP contribution in [0, 0.1) is 22.7 Å². The molecule has 2 saturated heterocycles. The number of nitrogens with one attached hydrogen (secondary N) is 5. The highest BCUT2D eigenvalue weighted by Crippen LogP contribution is 2.52. The predicted molar refractivity (Wildman–Crippen MR) is 244 cm³/mol. The molecule has 6 atom stereocenters. The summed E-state index contributed by atoms with van der Waals surface area (Å²) in [6.07, 6.45) is 6.86. The number of nitrogens with zero attached hydrogens (tertiary/aromatic N) is 3. The Morgan fingerprint density at radius 3 is 2.09 bits per heavy atom. The fourth-order valence-electron chi connectivity index (χ4n) is 10.5. The number of hydrogen-bond acceptors (Lipinski definition) is 8. The van der Waals surface area contributed by atoms with Crippen molar-refractivity contribution in [3.05, 3.63) is 83.5 Å². The predicted octanol–water partition coefficient (Wildman–Crippen LogP) is 8.63. The van der Waals surface area contributed by atoms with E-state index in [1.165, 1.54) is 43.1 Å². The Labute approximate surface area is 375 Å². The van der Waals surface area contributed by atoms with Crippen LogP contribution in [0.4, 0.5) is 18.4 Å². The van der Waals surface area contributed by atoms with Crippen LogP contribution in [0.3, 0.4) is 0 Å². The Morgan fingerprint density at radius 2 is 1.47 bits per heavy atom. The van der Waals surface area contributed by atoms with Crippen molar-refractivity contribution in [2.75, 3.05) is 27.3 Å². The van der Waals surface area contributed by atoms with Crippen LogP contribution in [-0.4, -0.2) is 101 Å². The fraction of sp³-hybridized carbons (Fsp3) is 0.531.